The molecule has 1 aliphatic rings. The summed E-state index contributed by atoms with van der Waals surface area (Å²) in [6.07, 6.45) is 6.13. The van der Waals surface area contributed by atoms with E-state index in [-0.39, 0.29) is 11.6 Å². The third kappa shape index (κ3) is 3.38. The highest BCUT2D eigenvalue weighted by Crippen LogP contribution is 2.31. The molecule has 23 heavy (non-hydrogen) atoms. The maximum absolute atomic E-state index is 11.2. The maximum Gasteiger partial charge on any atom is 0.356 e. The van der Waals surface area contributed by atoms with Crippen molar-refractivity contribution in [3.05, 3.63) is 29.2 Å². The number of fused-ring (bicyclic) bond motifs is 1. The summed E-state index contributed by atoms with van der Waals surface area (Å²) in [6.45, 7) is 6.53. The Balaban J connectivity index is 1.93. The summed E-state index contributed by atoms with van der Waals surface area (Å²) in [4.78, 5) is 15.9. The SMILES string of the molecule is CC1CCC(Cc2cc(C(C)C)n3nc(C(=O)O)cc3n2)CC1. The van der Waals surface area contributed by atoms with Crippen LogP contribution in [-0.4, -0.2) is 25.7 Å². The summed E-state index contributed by atoms with van der Waals surface area (Å²) in [7, 11) is 0. The molecule has 3 rings (SSSR count). The maximum atomic E-state index is 11.2. The van der Waals surface area contributed by atoms with E-state index >= 15 is 0 Å². The fourth-order valence-electron chi connectivity index (χ4n) is 3.50. The minimum absolute atomic E-state index is 0.0584. The van der Waals surface area contributed by atoms with Crippen molar-refractivity contribution in [3.8, 4) is 0 Å². The number of carboxylic acids is 1. The van der Waals surface area contributed by atoms with E-state index in [2.05, 4.69) is 36.9 Å². The molecule has 5 heteroatoms. The molecule has 2 heterocycles. The summed E-state index contributed by atoms with van der Waals surface area (Å²) < 4.78 is 1.68. The van der Waals surface area contributed by atoms with Crippen LogP contribution in [0.15, 0.2) is 12.1 Å². The van der Waals surface area contributed by atoms with Crippen molar-refractivity contribution >= 4 is 11.6 Å². The Kier molecular flexibility index (Phi) is 4.37. The first-order valence-electron chi connectivity index (χ1n) is 8.57. The number of hydrogen-bond acceptors (Lipinski definition) is 3. The van der Waals surface area contributed by atoms with E-state index < -0.39 is 5.97 Å². The lowest BCUT2D eigenvalue weighted by Crippen LogP contribution is -2.16. The Morgan fingerprint density at radius 1 is 1.30 bits per heavy atom. The van der Waals surface area contributed by atoms with Gasteiger partial charge in [-0.3, -0.25) is 0 Å². The van der Waals surface area contributed by atoms with Crippen molar-refractivity contribution in [1.82, 2.24) is 14.6 Å². The molecule has 124 valence electrons. The molecule has 5 nitrogen and oxygen atoms in total. The molecule has 0 spiro atoms. The summed E-state index contributed by atoms with van der Waals surface area (Å²) in [5.74, 6) is 0.809. The van der Waals surface area contributed by atoms with Crippen molar-refractivity contribution in [2.24, 2.45) is 11.8 Å². The van der Waals surface area contributed by atoms with Gasteiger partial charge in [-0.2, -0.15) is 5.10 Å². The molecular weight excluding hydrogens is 290 g/mol. The normalized spacial score (nSPS) is 21.9. The largest absolute Gasteiger partial charge is 0.476 e. The van der Waals surface area contributed by atoms with Crippen LogP contribution in [-0.2, 0) is 6.42 Å². The van der Waals surface area contributed by atoms with E-state index in [0.29, 0.717) is 11.6 Å². The predicted molar refractivity (Wildman–Crippen MR) is 88.9 cm³/mol. The second kappa shape index (κ2) is 6.30. The molecule has 0 atom stereocenters. The molecule has 0 amide bonds. The van der Waals surface area contributed by atoms with E-state index in [1.165, 1.54) is 25.7 Å². The summed E-state index contributed by atoms with van der Waals surface area (Å²) >= 11 is 0. The summed E-state index contributed by atoms with van der Waals surface area (Å²) in [6, 6.07) is 3.68. The van der Waals surface area contributed by atoms with Gasteiger partial charge in [-0.05, 0) is 43.1 Å². The van der Waals surface area contributed by atoms with Gasteiger partial charge in [0.15, 0.2) is 11.3 Å². The lowest BCUT2D eigenvalue weighted by Gasteiger charge is -2.26. The smallest absolute Gasteiger partial charge is 0.356 e. The molecule has 0 aliphatic heterocycles. The van der Waals surface area contributed by atoms with Crippen molar-refractivity contribution in [2.75, 3.05) is 0 Å². The van der Waals surface area contributed by atoms with E-state index in [0.717, 1.165) is 23.7 Å². The first-order valence-corrected chi connectivity index (χ1v) is 8.57. The van der Waals surface area contributed by atoms with E-state index in [1.54, 1.807) is 10.6 Å². The van der Waals surface area contributed by atoms with Crippen molar-refractivity contribution in [2.45, 2.75) is 58.8 Å². The Hall–Kier alpha value is -1.91. The number of aromatic carboxylic acids is 1. The Labute approximate surface area is 136 Å². The Morgan fingerprint density at radius 2 is 2.00 bits per heavy atom. The minimum Gasteiger partial charge on any atom is -0.476 e. The molecule has 0 bridgehead atoms. The van der Waals surface area contributed by atoms with Crippen LogP contribution in [0.4, 0.5) is 0 Å². The summed E-state index contributed by atoms with van der Waals surface area (Å²) in [5, 5.41) is 13.4. The molecular formula is C18H25N3O2. The van der Waals surface area contributed by atoms with Gasteiger partial charge in [-0.15, -0.1) is 0 Å². The molecule has 0 unspecified atom stereocenters. The Bertz CT molecular complexity index is 712. The average molecular weight is 315 g/mol. The Morgan fingerprint density at radius 3 is 2.61 bits per heavy atom. The van der Waals surface area contributed by atoms with Crippen LogP contribution in [0.5, 0.6) is 0 Å². The molecule has 0 radical (unpaired) electrons. The van der Waals surface area contributed by atoms with Crippen LogP contribution in [0, 0.1) is 11.8 Å². The molecule has 1 aliphatic carbocycles. The molecule has 2 aromatic rings. The highest BCUT2D eigenvalue weighted by atomic mass is 16.4. The number of rotatable bonds is 4. The standard InChI is InChI=1S/C18H25N3O2/c1-11(2)16-9-14(8-13-6-4-12(3)5-7-13)19-17-10-15(18(22)23)20-21(16)17/h9-13H,4-8H2,1-3H3,(H,22,23). The van der Waals surface area contributed by atoms with Gasteiger partial charge in [0.25, 0.3) is 0 Å². The zero-order valence-corrected chi connectivity index (χ0v) is 14.1. The molecule has 0 aromatic carbocycles. The quantitative estimate of drug-likeness (QED) is 0.928. The predicted octanol–water partition coefficient (Wildman–Crippen LogP) is 3.92. The zero-order chi connectivity index (χ0) is 16.6. The van der Waals surface area contributed by atoms with Gasteiger partial charge in [0.05, 0.1) is 0 Å². The average Bonchev–Trinajstić information content (AvgIpc) is 2.93. The van der Waals surface area contributed by atoms with Crippen LogP contribution in [0.3, 0.4) is 0 Å². The van der Waals surface area contributed by atoms with Gasteiger partial charge in [0, 0.05) is 17.5 Å². The molecule has 1 N–H and O–H groups in total. The monoisotopic (exact) mass is 315 g/mol. The van der Waals surface area contributed by atoms with Crippen molar-refractivity contribution < 1.29 is 9.90 Å². The fraction of sp³-hybridized carbons (Fsp3) is 0.611. The van der Waals surface area contributed by atoms with Gasteiger partial charge in [-0.25, -0.2) is 14.3 Å². The van der Waals surface area contributed by atoms with Gasteiger partial charge < -0.3 is 5.11 Å². The van der Waals surface area contributed by atoms with Gasteiger partial charge in [-0.1, -0.05) is 33.6 Å². The number of carbonyl (C=O) groups is 1. The molecule has 1 saturated carbocycles. The number of aromatic nitrogens is 3. The fourth-order valence-corrected chi connectivity index (χ4v) is 3.50. The van der Waals surface area contributed by atoms with E-state index in [1.807, 2.05) is 0 Å². The van der Waals surface area contributed by atoms with Crippen molar-refractivity contribution in [3.63, 3.8) is 0 Å². The van der Waals surface area contributed by atoms with Gasteiger partial charge in [0.1, 0.15) is 0 Å². The van der Waals surface area contributed by atoms with E-state index in [9.17, 15) is 4.79 Å². The third-order valence-corrected chi connectivity index (χ3v) is 4.95. The number of nitrogens with zero attached hydrogens (tertiary/aromatic N) is 3. The van der Waals surface area contributed by atoms with E-state index in [4.69, 9.17) is 5.11 Å². The number of carboxylic acid groups (broad SMARTS) is 1. The molecule has 2 aromatic heterocycles. The summed E-state index contributed by atoms with van der Waals surface area (Å²) in [5.41, 5.74) is 2.80. The van der Waals surface area contributed by atoms with Gasteiger partial charge in [0.2, 0.25) is 0 Å². The first kappa shape index (κ1) is 16.0. The van der Waals surface area contributed by atoms with Crippen LogP contribution < -0.4 is 0 Å². The molecule has 1 fully saturated rings. The van der Waals surface area contributed by atoms with Gasteiger partial charge >= 0.3 is 5.97 Å². The third-order valence-electron chi connectivity index (χ3n) is 4.95. The highest BCUT2D eigenvalue weighted by Gasteiger charge is 2.21. The minimum atomic E-state index is -1.01. The van der Waals surface area contributed by atoms with Crippen LogP contribution in [0.1, 0.15) is 74.2 Å². The van der Waals surface area contributed by atoms with Crippen molar-refractivity contribution in [1.29, 1.82) is 0 Å². The second-order valence-corrected chi connectivity index (χ2v) is 7.26. The first-order chi connectivity index (χ1) is 10.9. The zero-order valence-electron chi connectivity index (χ0n) is 14.1. The van der Waals surface area contributed by atoms with Crippen LogP contribution in [0.2, 0.25) is 0 Å². The lowest BCUT2D eigenvalue weighted by molar-refractivity contribution is 0.0690. The lowest BCUT2D eigenvalue weighted by atomic mass is 9.81. The topological polar surface area (TPSA) is 67.5 Å². The number of hydrogen-bond donors (Lipinski definition) is 1. The molecule has 0 saturated heterocycles. The highest BCUT2D eigenvalue weighted by molar-refractivity contribution is 5.86. The van der Waals surface area contributed by atoms with Crippen LogP contribution >= 0.6 is 0 Å². The second-order valence-electron chi connectivity index (χ2n) is 7.26. The van der Waals surface area contributed by atoms with Crippen LogP contribution in [0.25, 0.3) is 5.65 Å².